The van der Waals surface area contributed by atoms with Crippen LogP contribution in [0.1, 0.15) is 16.7 Å². The zero-order valence-corrected chi connectivity index (χ0v) is 18.0. The summed E-state index contributed by atoms with van der Waals surface area (Å²) < 4.78 is 27.9. The fourth-order valence-electron chi connectivity index (χ4n) is 3.18. The van der Waals surface area contributed by atoms with Gasteiger partial charge in [-0.15, -0.1) is 0 Å². The van der Waals surface area contributed by atoms with Crippen molar-refractivity contribution in [3.63, 3.8) is 0 Å². The van der Waals surface area contributed by atoms with Crippen LogP contribution in [0.2, 0.25) is 0 Å². The van der Waals surface area contributed by atoms with Crippen LogP contribution in [0.4, 0.5) is 5.69 Å². The highest BCUT2D eigenvalue weighted by Crippen LogP contribution is 2.27. The molecule has 1 N–H and O–H groups in total. The predicted octanol–water partition coefficient (Wildman–Crippen LogP) is 3.86. The Kier molecular flexibility index (Phi) is 6.90. The molecule has 0 aliphatic rings. The summed E-state index contributed by atoms with van der Waals surface area (Å²) >= 11 is 0. The highest BCUT2D eigenvalue weighted by atomic mass is 32.2. The molecule has 0 aliphatic carbocycles. The molecular weight excluding hydrogens is 396 g/mol. The lowest BCUT2D eigenvalue weighted by Crippen LogP contribution is -2.41. The van der Waals surface area contributed by atoms with Crippen LogP contribution < -0.4 is 9.62 Å². The number of carbonyl (C=O) groups excluding carboxylic acids is 1. The largest absolute Gasteiger partial charge is 0.354 e. The molecule has 0 aromatic heterocycles. The van der Waals surface area contributed by atoms with Gasteiger partial charge in [0.1, 0.15) is 6.54 Å². The smallest absolute Gasteiger partial charge is 0.264 e. The standard InChI is InChI=1S/C24H26N2O3S/c1-19-13-14-20(2)23(17-19)26(30(28,29)22-11-7-4-8-12-22)18-24(27)25-16-15-21-9-5-3-6-10-21/h3-14,17H,15-16,18H2,1-2H3,(H,25,27). The van der Waals surface area contributed by atoms with Gasteiger partial charge in [0.05, 0.1) is 10.6 Å². The molecule has 1 amide bonds. The molecule has 0 heterocycles. The van der Waals surface area contributed by atoms with E-state index in [2.05, 4.69) is 5.32 Å². The summed E-state index contributed by atoms with van der Waals surface area (Å²) in [5.74, 6) is -0.341. The molecule has 0 unspecified atom stereocenters. The number of rotatable bonds is 8. The Morgan fingerprint density at radius 1 is 0.900 bits per heavy atom. The van der Waals surface area contributed by atoms with Crippen molar-refractivity contribution < 1.29 is 13.2 Å². The highest BCUT2D eigenvalue weighted by molar-refractivity contribution is 7.92. The molecule has 30 heavy (non-hydrogen) atoms. The van der Waals surface area contributed by atoms with E-state index in [-0.39, 0.29) is 17.3 Å². The number of nitrogens with one attached hydrogen (secondary N) is 1. The molecule has 0 saturated heterocycles. The first-order valence-electron chi connectivity index (χ1n) is 9.83. The number of benzene rings is 3. The van der Waals surface area contributed by atoms with E-state index >= 15 is 0 Å². The van der Waals surface area contributed by atoms with Gasteiger partial charge in [0.15, 0.2) is 0 Å². The summed E-state index contributed by atoms with van der Waals surface area (Å²) in [5, 5.41) is 2.84. The number of amides is 1. The molecule has 5 nitrogen and oxygen atoms in total. The summed E-state index contributed by atoms with van der Waals surface area (Å²) in [6.45, 7) is 3.90. The van der Waals surface area contributed by atoms with Crippen LogP contribution >= 0.6 is 0 Å². The lowest BCUT2D eigenvalue weighted by atomic mass is 10.1. The quantitative estimate of drug-likeness (QED) is 0.599. The number of nitrogens with zero attached hydrogens (tertiary/aromatic N) is 1. The van der Waals surface area contributed by atoms with Crippen LogP contribution in [-0.2, 0) is 21.2 Å². The zero-order chi connectivity index (χ0) is 21.6. The SMILES string of the molecule is Cc1ccc(C)c(N(CC(=O)NCCc2ccccc2)S(=O)(=O)c2ccccc2)c1. The number of hydrogen-bond donors (Lipinski definition) is 1. The summed E-state index contributed by atoms with van der Waals surface area (Å²) in [7, 11) is -3.89. The third kappa shape index (κ3) is 5.27. The van der Waals surface area contributed by atoms with Crippen molar-refractivity contribution in [1.82, 2.24) is 5.32 Å². The maximum absolute atomic E-state index is 13.4. The number of sulfonamides is 1. The van der Waals surface area contributed by atoms with Crippen LogP contribution in [0.25, 0.3) is 0 Å². The molecule has 0 fully saturated rings. The van der Waals surface area contributed by atoms with Crippen LogP contribution in [0.3, 0.4) is 0 Å². The predicted molar refractivity (Wildman–Crippen MR) is 120 cm³/mol. The van der Waals surface area contributed by atoms with E-state index in [4.69, 9.17) is 0 Å². The minimum absolute atomic E-state index is 0.156. The average molecular weight is 423 g/mol. The molecule has 3 aromatic carbocycles. The topological polar surface area (TPSA) is 66.5 Å². The maximum Gasteiger partial charge on any atom is 0.264 e. The number of carbonyl (C=O) groups is 1. The highest BCUT2D eigenvalue weighted by Gasteiger charge is 2.28. The normalized spacial score (nSPS) is 11.1. The average Bonchev–Trinajstić information content (AvgIpc) is 2.75. The van der Waals surface area contributed by atoms with E-state index in [1.807, 2.05) is 56.3 Å². The molecule has 0 saturated carbocycles. The molecule has 6 heteroatoms. The van der Waals surface area contributed by atoms with Gasteiger partial charge in [-0.05, 0) is 55.2 Å². The van der Waals surface area contributed by atoms with Gasteiger partial charge in [0, 0.05) is 6.54 Å². The van der Waals surface area contributed by atoms with E-state index in [0.717, 1.165) is 16.7 Å². The Labute approximate surface area is 178 Å². The molecule has 3 aromatic rings. The lowest BCUT2D eigenvalue weighted by molar-refractivity contribution is -0.119. The van der Waals surface area contributed by atoms with Gasteiger partial charge < -0.3 is 5.32 Å². The Bertz CT molecular complexity index is 1100. The van der Waals surface area contributed by atoms with E-state index < -0.39 is 10.0 Å². The summed E-state index contributed by atoms with van der Waals surface area (Å²) in [6.07, 6.45) is 0.682. The van der Waals surface area contributed by atoms with Crippen molar-refractivity contribution in [1.29, 1.82) is 0 Å². The minimum atomic E-state index is -3.89. The van der Waals surface area contributed by atoms with Crippen molar-refractivity contribution in [2.45, 2.75) is 25.2 Å². The van der Waals surface area contributed by atoms with Crippen molar-refractivity contribution in [2.24, 2.45) is 0 Å². The molecule has 156 valence electrons. The van der Waals surface area contributed by atoms with E-state index in [0.29, 0.717) is 18.7 Å². The van der Waals surface area contributed by atoms with Crippen molar-refractivity contribution in [3.05, 3.63) is 95.6 Å². The molecular formula is C24H26N2O3S. The van der Waals surface area contributed by atoms with Crippen LogP contribution in [0, 0.1) is 13.8 Å². The van der Waals surface area contributed by atoms with E-state index in [9.17, 15) is 13.2 Å². The second-order valence-electron chi connectivity index (χ2n) is 7.20. The Morgan fingerprint density at radius 3 is 2.20 bits per heavy atom. The van der Waals surface area contributed by atoms with Gasteiger partial charge in [-0.3, -0.25) is 9.10 Å². The van der Waals surface area contributed by atoms with Gasteiger partial charge in [-0.25, -0.2) is 8.42 Å². The van der Waals surface area contributed by atoms with Crippen molar-refractivity contribution in [2.75, 3.05) is 17.4 Å². The molecule has 0 atom stereocenters. The Hall–Kier alpha value is -3.12. The van der Waals surface area contributed by atoms with Crippen LogP contribution in [0.15, 0.2) is 83.8 Å². The third-order valence-electron chi connectivity index (χ3n) is 4.83. The monoisotopic (exact) mass is 422 g/mol. The minimum Gasteiger partial charge on any atom is -0.354 e. The number of aryl methyl sites for hydroxylation is 2. The van der Waals surface area contributed by atoms with Crippen LogP contribution in [0.5, 0.6) is 0 Å². The van der Waals surface area contributed by atoms with E-state index in [1.165, 1.54) is 4.31 Å². The zero-order valence-electron chi connectivity index (χ0n) is 17.2. The number of hydrogen-bond acceptors (Lipinski definition) is 3. The fraction of sp³-hybridized carbons (Fsp3) is 0.208. The molecule has 0 bridgehead atoms. The maximum atomic E-state index is 13.4. The van der Waals surface area contributed by atoms with Crippen LogP contribution in [-0.4, -0.2) is 27.4 Å². The van der Waals surface area contributed by atoms with E-state index in [1.54, 1.807) is 36.4 Å². The van der Waals surface area contributed by atoms with Crippen molar-refractivity contribution >= 4 is 21.6 Å². The van der Waals surface area contributed by atoms with Gasteiger partial charge in [-0.2, -0.15) is 0 Å². The Morgan fingerprint density at radius 2 is 1.53 bits per heavy atom. The summed E-state index contributed by atoms with van der Waals surface area (Å²) in [5.41, 5.74) is 3.34. The molecule has 3 rings (SSSR count). The van der Waals surface area contributed by atoms with Gasteiger partial charge >= 0.3 is 0 Å². The summed E-state index contributed by atoms with van der Waals surface area (Å²) in [6, 6.07) is 23.6. The second-order valence-corrected chi connectivity index (χ2v) is 9.06. The first-order valence-corrected chi connectivity index (χ1v) is 11.3. The van der Waals surface area contributed by atoms with Crippen molar-refractivity contribution in [3.8, 4) is 0 Å². The third-order valence-corrected chi connectivity index (χ3v) is 6.60. The number of anilines is 1. The van der Waals surface area contributed by atoms with Gasteiger partial charge in [-0.1, -0.05) is 60.7 Å². The molecule has 0 radical (unpaired) electrons. The van der Waals surface area contributed by atoms with Gasteiger partial charge in [0.25, 0.3) is 10.0 Å². The molecule has 0 spiro atoms. The molecule has 0 aliphatic heterocycles. The van der Waals surface area contributed by atoms with Gasteiger partial charge in [0.2, 0.25) is 5.91 Å². The Balaban J connectivity index is 1.83. The first kappa shape index (κ1) is 21.6. The first-order chi connectivity index (χ1) is 14.4. The lowest BCUT2D eigenvalue weighted by Gasteiger charge is -2.26. The fourth-order valence-corrected chi connectivity index (χ4v) is 4.68. The second kappa shape index (κ2) is 9.59. The summed E-state index contributed by atoms with van der Waals surface area (Å²) in [4.78, 5) is 12.8.